The molecule has 40 heavy (non-hydrogen) atoms. The highest BCUT2D eigenvalue weighted by Gasteiger charge is 2.35. The molecule has 0 spiro atoms. The van der Waals surface area contributed by atoms with E-state index in [4.69, 9.17) is 19.8 Å². The number of anilines is 2. The molecule has 2 unspecified atom stereocenters. The van der Waals surface area contributed by atoms with Crippen LogP contribution in [0.25, 0.3) is 0 Å². The van der Waals surface area contributed by atoms with E-state index in [1.165, 1.54) is 6.07 Å². The van der Waals surface area contributed by atoms with Gasteiger partial charge >= 0.3 is 0 Å². The summed E-state index contributed by atoms with van der Waals surface area (Å²) >= 11 is 0. The van der Waals surface area contributed by atoms with Crippen LogP contribution >= 0.6 is 0 Å². The Kier molecular flexibility index (Phi) is 8.17. The Bertz CT molecular complexity index is 1430. The number of piperidine rings is 1. The van der Waals surface area contributed by atoms with E-state index < -0.39 is 0 Å². The van der Waals surface area contributed by atoms with Crippen molar-refractivity contribution in [3.8, 4) is 23.6 Å². The van der Waals surface area contributed by atoms with Crippen molar-refractivity contribution in [1.29, 1.82) is 10.5 Å². The van der Waals surface area contributed by atoms with Crippen molar-refractivity contribution in [1.82, 2.24) is 0 Å². The second-order valence-electron chi connectivity index (χ2n) is 10.1. The average molecular weight is 538 g/mol. The van der Waals surface area contributed by atoms with Gasteiger partial charge in [-0.2, -0.15) is 15.6 Å². The molecule has 3 aromatic rings. The Balaban J connectivity index is 1.24. The summed E-state index contributed by atoms with van der Waals surface area (Å²) in [6.07, 6.45) is 1.95. The van der Waals surface area contributed by atoms with E-state index in [0.29, 0.717) is 43.1 Å². The van der Waals surface area contributed by atoms with Crippen LogP contribution in [0.5, 0.6) is 11.5 Å². The van der Waals surface area contributed by atoms with Gasteiger partial charge in [0.2, 0.25) is 0 Å². The molecule has 2 atom stereocenters. The quantitative estimate of drug-likeness (QED) is 0.336. The van der Waals surface area contributed by atoms with Gasteiger partial charge in [0.05, 0.1) is 53.9 Å². The third-order valence-electron chi connectivity index (χ3n) is 7.56. The van der Waals surface area contributed by atoms with E-state index in [1.54, 1.807) is 24.3 Å². The number of benzene rings is 3. The van der Waals surface area contributed by atoms with Crippen LogP contribution in [0.4, 0.5) is 15.8 Å². The first-order valence-corrected chi connectivity index (χ1v) is 13.7. The molecule has 0 aliphatic carbocycles. The van der Waals surface area contributed by atoms with Crippen LogP contribution in [0, 0.1) is 34.4 Å². The number of nitriles is 2. The smallest absolute Gasteiger partial charge is 0.146 e. The highest BCUT2D eigenvalue weighted by molar-refractivity contribution is 6.04. The lowest BCUT2D eigenvalue weighted by Gasteiger charge is -2.34. The van der Waals surface area contributed by atoms with Crippen molar-refractivity contribution in [2.75, 3.05) is 29.6 Å². The van der Waals surface area contributed by atoms with Gasteiger partial charge in [-0.1, -0.05) is 19.1 Å². The van der Waals surface area contributed by atoms with Crippen LogP contribution in [0.15, 0.2) is 71.8 Å². The SMILES string of the molecule is CCOc1ccc(F)c(N2CCC(Oc3ccc(N4N=C(c5ccc(C#N)cc5)C(C)C4CC#N)cc3)CC2)c1. The van der Waals surface area contributed by atoms with Crippen molar-refractivity contribution in [2.24, 2.45) is 11.0 Å². The van der Waals surface area contributed by atoms with Crippen molar-refractivity contribution in [2.45, 2.75) is 45.3 Å². The minimum atomic E-state index is -0.241. The van der Waals surface area contributed by atoms with Crippen LogP contribution in [-0.2, 0) is 0 Å². The molecule has 0 amide bonds. The predicted molar refractivity (Wildman–Crippen MR) is 153 cm³/mol. The number of halogens is 1. The summed E-state index contributed by atoms with van der Waals surface area (Å²) < 4.78 is 26.3. The van der Waals surface area contributed by atoms with Gasteiger partial charge in [-0.25, -0.2) is 4.39 Å². The van der Waals surface area contributed by atoms with E-state index in [1.807, 2.05) is 53.2 Å². The molecule has 2 heterocycles. The Hall–Kier alpha value is -4.56. The van der Waals surface area contributed by atoms with Crippen molar-refractivity contribution < 1.29 is 13.9 Å². The number of hydrogen-bond donors (Lipinski definition) is 0. The molecule has 3 aromatic carbocycles. The second kappa shape index (κ2) is 12.1. The Morgan fingerprint density at radius 2 is 1.68 bits per heavy atom. The highest BCUT2D eigenvalue weighted by atomic mass is 19.1. The molecule has 5 rings (SSSR count). The minimum Gasteiger partial charge on any atom is -0.494 e. The summed E-state index contributed by atoms with van der Waals surface area (Å²) in [5, 5.41) is 25.4. The lowest BCUT2D eigenvalue weighted by Crippen LogP contribution is -2.38. The van der Waals surface area contributed by atoms with Crippen LogP contribution in [0.3, 0.4) is 0 Å². The number of ether oxygens (including phenoxy) is 2. The Morgan fingerprint density at radius 1 is 0.975 bits per heavy atom. The molecule has 8 heteroatoms. The van der Waals surface area contributed by atoms with Gasteiger partial charge in [0, 0.05) is 37.9 Å². The molecule has 2 aliphatic heterocycles. The van der Waals surface area contributed by atoms with E-state index in [2.05, 4.69) is 19.1 Å². The molecule has 0 radical (unpaired) electrons. The summed E-state index contributed by atoms with van der Waals surface area (Å²) in [7, 11) is 0. The summed E-state index contributed by atoms with van der Waals surface area (Å²) in [5.74, 6) is 1.25. The molecule has 7 nitrogen and oxygen atoms in total. The van der Waals surface area contributed by atoms with Gasteiger partial charge in [0.25, 0.3) is 0 Å². The lowest BCUT2D eigenvalue weighted by atomic mass is 9.91. The normalized spacial score (nSPS) is 19.1. The summed E-state index contributed by atoms with van der Waals surface area (Å²) in [6, 6.07) is 24.5. The molecular formula is C32H32FN5O2. The molecule has 1 saturated heterocycles. The highest BCUT2D eigenvalue weighted by Crippen LogP contribution is 2.34. The maximum absolute atomic E-state index is 14.5. The third-order valence-corrected chi connectivity index (χ3v) is 7.56. The first-order valence-electron chi connectivity index (χ1n) is 13.7. The zero-order valence-electron chi connectivity index (χ0n) is 22.8. The van der Waals surface area contributed by atoms with E-state index in [9.17, 15) is 9.65 Å². The van der Waals surface area contributed by atoms with Crippen LogP contribution < -0.4 is 19.4 Å². The Labute approximate surface area is 234 Å². The van der Waals surface area contributed by atoms with Gasteiger partial charge in [-0.3, -0.25) is 5.01 Å². The summed E-state index contributed by atoms with van der Waals surface area (Å²) in [4.78, 5) is 2.05. The minimum absolute atomic E-state index is 0.0411. The number of hydrazone groups is 1. The zero-order chi connectivity index (χ0) is 28.1. The van der Waals surface area contributed by atoms with Crippen molar-refractivity contribution in [3.05, 3.63) is 83.7 Å². The van der Waals surface area contributed by atoms with E-state index >= 15 is 0 Å². The molecule has 2 aliphatic rings. The largest absolute Gasteiger partial charge is 0.494 e. The molecule has 204 valence electrons. The lowest BCUT2D eigenvalue weighted by molar-refractivity contribution is 0.170. The van der Waals surface area contributed by atoms with E-state index in [-0.39, 0.29) is 23.9 Å². The third kappa shape index (κ3) is 5.72. The molecular weight excluding hydrogens is 505 g/mol. The number of rotatable bonds is 8. The zero-order valence-corrected chi connectivity index (χ0v) is 22.8. The fourth-order valence-corrected chi connectivity index (χ4v) is 5.39. The first kappa shape index (κ1) is 27.0. The molecule has 0 N–H and O–H groups in total. The molecule has 0 bridgehead atoms. The van der Waals surface area contributed by atoms with Crippen LogP contribution in [0.1, 0.15) is 44.2 Å². The molecule has 0 saturated carbocycles. The fraction of sp³-hybridized carbons (Fsp3) is 0.344. The van der Waals surface area contributed by atoms with Gasteiger partial charge in [0.15, 0.2) is 0 Å². The van der Waals surface area contributed by atoms with Crippen LogP contribution in [-0.4, -0.2) is 37.6 Å². The van der Waals surface area contributed by atoms with Gasteiger partial charge in [0.1, 0.15) is 23.4 Å². The maximum Gasteiger partial charge on any atom is 0.146 e. The van der Waals surface area contributed by atoms with Gasteiger partial charge in [-0.05, 0) is 61.0 Å². The van der Waals surface area contributed by atoms with Gasteiger partial charge < -0.3 is 14.4 Å². The van der Waals surface area contributed by atoms with E-state index in [0.717, 1.165) is 35.6 Å². The summed E-state index contributed by atoms with van der Waals surface area (Å²) in [6.45, 7) is 5.94. The fourth-order valence-electron chi connectivity index (χ4n) is 5.39. The monoisotopic (exact) mass is 537 g/mol. The van der Waals surface area contributed by atoms with Crippen molar-refractivity contribution >= 4 is 17.1 Å². The van der Waals surface area contributed by atoms with Crippen molar-refractivity contribution in [3.63, 3.8) is 0 Å². The topological polar surface area (TPSA) is 84.9 Å². The first-order chi connectivity index (χ1) is 19.5. The van der Waals surface area contributed by atoms with Crippen LogP contribution in [0.2, 0.25) is 0 Å². The molecule has 0 aromatic heterocycles. The molecule has 1 fully saturated rings. The second-order valence-corrected chi connectivity index (χ2v) is 10.1. The standard InChI is InChI=1S/C32H32FN5O2/c1-3-39-28-12-13-29(33)31(20-28)37-18-15-27(16-19-37)40-26-10-8-25(9-11-26)38-30(14-17-34)22(2)32(36-38)24-6-4-23(21-35)5-7-24/h4-13,20,22,27,30H,3,14-16,18-19H2,1-2H3. The van der Waals surface area contributed by atoms with Gasteiger partial charge in [-0.15, -0.1) is 0 Å². The predicted octanol–water partition coefficient (Wildman–Crippen LogP) is 6.29. The maximum atomic E-state index is 14.5. The number of hydrogen-bond acceptors (Lipinski definition) is 7. The number of nitrogens with zero attached hydrogens (tertiary/aromatic N) is 5. The Morgan fingerprint density at radius 3 is 2.33 bits per heavy atom. The summed E-state index contributed by atoms with van der Waals surface area (Å²) in [5.41, 5.74) is 3.92. The average Bonchev–Trinajstić information content (AvgIpc) is 3.31.